The lowest BCUT2D eigenvalue weighted by Crippen LogP contribution is -2.45. The number of halogens is 1. The van der Waals surface area contributed by atoms with E-state index < -0.39 is 41.2 Å². The van der Waals surface area contributed by atoms with E-state index >= 15 is 0 Å². The highest BCUT2D eigenvalue weighted by molar-refractivity contribution is 14.1. The van der Waals surface area contributed by atoms with Crippen molar-refractivity contribution in [3.63, 3.8) is 0 Å². The van der Waals surface area contributed by atoms with Gasteiger partial charge in [0.2, 0.25) is 11.8 Å². The Bertz CT molecular complexity index is 983. The van der Waals surface area contributed by atoms with Crippen LogP contribution in [0.1, 0.15) is 18.4 Å². The van der Waals surface area contributed by atoms with E-state index in [1.807, 2.05) is 6.07 Å². The van der Waals surface area contributed by atoms with Gasteiger partial charge in [-0.1, -0.05) is 18.2 Å². The number of carbonyl (C=O) groups is 3. The molecule has 2 aliphatic heterocycles. The molecule has 150 valence electrons. The number of nitrogens with two attached hydrogens (primary N) is 2. The first-order valence-corrected chi connectivity index (χ1v) is 9.96. The molecule has 0 unspecified atom stereocenters. The number of fused-ring (bicyclic) bond motifs is 1. The first kappa shape index (κ1) is 20.9. The summed E-state index contributed by atoms with van der Waals surface area (Å²) in [5.74, 6) is -3.07. The summed E-state index contributed by atoms with van der Waals surface area (Å²) in [6.07, 6.45) is 4.37. The van der Waals surface area contributed by atoms with Crippen molar-refractivity contribution in [2.75, 3.05) is 6.61 Å². The van der Waals surface area contributed by atoms with Gasteiger partial charge in [0.1, 0.15) is 6.04 Å². The number of rotatable bonds is 5. The van der Waals surface area contributed by atoms with E-state index in [9.17, 15) is 19.6 Å². The number of hydrogen-bond donors (Lipinski definition) is 2. The van der Waals surface area contributed by atoms with Gasteiger partial charge in [-0.2, -0.15) is 5.26 Å². The van der Waals surface area contributed by atoms with Gasteiger partial charge in [-0.3, -0.25) is 14.4 Å². The van der Waals surface area contributed by atoms with Gasteiger partial charge in [-0.15, -0.1) is 0 Å². The van der Waals surface area contributed by atoms with Crippen molar-refractivity contribution < 1.29 is 19.1 Å². The summed E-state index contributed by atoms with van der Waals surface area (Å²) in [6.45, 7) is 1.71. The number of primary amides is 2. The Morgan fingerprint density at radius 1 is 1.34 bits per heavy atom. The number of ether oxygens (including phenoxy) is 1. The topological polar surface area (TPSA) is 140 Å². The molecule has 9 heteroatoms. The van der Waals surface area contributed by atoms with Crippen molar-refractivity contribution in [3.05, 3.63) is 57.3 Å². The van der Waals surface area contributed by atoms with Crippen molar-refractivity contribution in [1.29, 1.82) is 5.26 Å². The molecule has 0 spiro atoms. The van der Waals surface area contributed by atoms with Gasteiger partial charge in [0.05, 0.1) is 24.3 Å². The zero-order valence-corrected chi connectivity index (χ0v) is 17.7. The molecule has 29 heavy (non-hydrogen) atoms. The van der Waals surface area contributed by atoms with E-state index in [1.165, 1.54) is 23.3 Å². The molecule has 2 heterocycles. The Kier molecular flexibility index (Phi) is 5.66. The standard InChI is InChI=1S/C20H19IN4O4/c1-2-29-19(28)20(10-22)14-7-6-12(17(23)26)9-25(14)16(18(24)27)15(20)11-4-3-5-13(21)8-11/h3-9,14-16H,2H2,1H3,(H2,23,26)(H2,24,27)/t14-,15+,16+,20-/m0/s1. The van der Waals surface area contributed by atoms with Gasteiger partial charge in [0, 0.05) is 15.7 Å². The molecule has 2 amide bonds. The molecular formula is C20H19IN4O4. The average molecular weight is 506 g/mol. The summed E-state index contributed by atoms with van der Waals surface area (Å²) < 4.78 is 6.13. The number of amides is 2. The minimum absolute atomic E-state index is 0.0708. The molecule has 8 nitrogen and oxygen atoms in total. The fourth-order valence-electron chi connectivity index (χ4n) is 4.11. The summed E-state index contributed by atoms with van der Waals surface area (Å²) in [7, 11) is 0. The quantitative estimate of drug-likeness (QED) is 0.450. The number of esters is 1. The van der Waals surface area contributed by atoms with Crippen molar-refractivity contribution in [1.82, 2.24) is 4.90 Å². The minimum atomic E-state index is -1.74. The maximum atomic E-state index is 13.1. The Morgan fingerprint density at radius 2 is 2.07 bits per heavy atom. The fraction of sp³-hybridized carbons (Fsp3) is 0.300. The Balaban J connectivity index is 2.30. The van der Waals surface area contributed by atoms with Crippen LogP contribution in [-0.4, -0.2) is 41.4 Å². The van der Waals surface area contributed by atoms with Crippen molar-refractivity contribution in [3.8, 4) is 6.07 Å². The lowest BCUT2D eigenvalue weighted by Gasteiger charge is -2.32. The van der Waals surface area contributed by atoms with E-state index in [0.29, 0.717) is 5.56 Å². The van der Waals surface area contributed by atoms with Gasteiger partial charge in [-0.25, -0.2) is 0 Å². The second-order valence-electron chi connectivity index (χ2n) is 6.78. The highest BCUT2D eigenvalue weighted by Crippen LogP contribution is 2.53. The molecule has 1 fully saturated rings. The van der Waals surface area contributed by atoms with Crippen LogP contribution >= 0.6 is 22.6 Å². The summed E-state index contributed by atoms with van der Waals surface area (Å²) in [5, 5.41) is 10.3. The molecular weight excluding hydrogens is 487 g/mol. The third kappa shape index (κ3) is 3.27. The number of nitriles is 1. The molecule has 1 aromatic carbocycles. The van der Waals surface area contributed by atoms with Crippen LogP contribution in [0.3, 0.4) is 0 Å². The highest BCUT2D eigenvalue weighted by atomic mass is 127. The molecule has 1 aromatic rings. The largest absolute Gasteiger partial charge is 0.465 e. The number of hydrogen-bond acceptors (Lipinski definition) is 6. The van der Waals surface area contributed by atoms with Gasteiger partial charge in [0.15, 0.2) is 5.41 Å². The molecule has 0 aliphatic carbocycles. The second kappa shape index (κ2) is 7.87. The Hall–Kier alpha value is -2.87. The third-order valence-corrected chi connectivity index (χ3v) is 5.91. The monoisotopic (exact) mass is 506 g/mol. The number of benzene rings is 1. The Labute approximate surface area is 181 Å². The van der Waals surface area contributed by atoms with Gasteiger partial charge in [-0.05, 0) is 53.3 Å². The first-order valence-electron chi connectivity index (χ1n) is 8.88. The number of carbonyl (C=O) groups excluding carboxylic acids is 3. The molecule has 1 saturated heterocycles. The predicted molar refractivity (Wildman–Crippen MR) is 112 cm³/mol. The first-order chi connectivity index (χ1) is 13.8. The van der Waals surface area contributed by atoms with E-state index in [0.717, 1.165) is 3.57 Å². The maximum Gasteiger partial charge on any atom is 0.329 e. The van der Waals surface area contributed by atoms with Crippen LogP contribution in [0.2, 0.25) is 0 Å². The average Bonchev–Trinajstić information content (AvgIpc) is 2.99. The molecule has 0 radical (unpaired) electrons. The van der Waals surface area contributed by atoms with E-state index in [1.54, 1.807) is 25.1 Å². The van der Waals surface area contributed by atoms with Crippen LogP contribution in [0.4, 0.5) is 0 Å². The zero-order valence-electron chi connectivity index (χ0n) is 15.5. The molecule has 4 N–H and O–H groups in total. The van der Waals surface area contributed by atoms with E-state index in [-0.39, 0.29) is 12.2 Å². The summed E-state index contributed by atoms with van der Waals surface area (Å²) in [5.41, 5.74) is 10.1. The van der Waals surface area contributed by atoms with Crippen molar-refractivity contribution >= 4 is 40.4 Å². The lowest BCUT2D eigenvalue weighted by molar-refractivity contribution is -0.153. The maximum absolute atomic E-state index is 13.1. The van der Waals surface area contributed by atoms with Gasteiger partial charge < -0.3 is 21.1 Å². The van der Waals surface area contributed by atoms with Gasteiger partial charge >= 0.3 is 5.97 Å². The fourth-order valence-corrected chi connectivity index (χ4v) is 4.67. The molecule has 3 rings (SSSR count). The summed E-state index contributed by atoms with van der Waals surface area (Å²) in [4.78, 5) is 38.8. The second-order valence-corrected chi connectivity index (χ2v) is 8.03. The molecule has 4 atom stereocenters. The van der Waals surface area contributed by atoms with Crippen LogP contribution in [-0.2, 0) is 19.1 Å². The zero-order chi connectivity index (χ0) is 21.3. The number of nitrogens with zero attached hydrogens (tertiary/aromatic N) is 2. The third-order valence-electron chi connectivity index (χ3n) is 5.24. The van der Waals surface area contributed by atoms with Gasteiger partial charge in [0.25, 0.3) is 0 Å². The van der Waals surface area contributed by atoms with Crippen LogP contribution < -0.4 is 11.5 Å². The Morgan fingerprint density at radius 3 is 2.62 bits per heavy atom. The van der Waals surface area contributed by atoms with Crippen molar-refractivity contribution in [2.24, 2.45) is 16.9 Å². The van der Waals surface area contributed by atoms with E-state index in [2.05, 4.69) is 28.7 Å². The smallest absolute Gasteiger partial charge is 0.329 e. The predicted octanol–water partition coefficient (Wildman–Crippen LogP) is 0.925. The van der Waals surface area contributed by atoms with Crippen LogP contribution in [0.5, 0.6) is 0 Å². The van der Waals surface area contributed by atoms with Crippen molar-refractivity contribution in [2.45, 2.75) is 24.9 Å². The minimum Gasteiger partial charge on any atom is -0.465 e. The normalized spacial score (nSPS) is 27.6. The SMILES string of the molecule is CCOC(=O)[C@]1(C#N)[C@H](c2cccc(I)c2)[C@H](C(N)=O)N2C=C(C(N)=O)C=C[C@H]21. The van der Waals surface area contributed by atoms with Crippen LogP contribution in [0.15, 0.2) is 48.2 Å². The van der Waals surface area contributed by atoms with E-state index in [4.69, 9.17) is 16.2 Å². The molecule has 2 aliphatic rings. The summed E-state index contributed by atoms with van der Waals surface area (Å²) in [6, 6.07) is 7.41. The summed E-state index contributed by atoms with van der Waals surface area (Å²) >= 11 is 2.11. The van der Waals surface area contributed by atoms with Crippen LogP contribution in [0.25, 0.3) is 0 Å². The van der Waals surface area contributed by atoms with Crippen LogP contribution in [0, 0.1) is 20.3 Å². The molecule has 0 bridgehead atoms. The molecule has 0 aromatic heterocycles. The molecule has 0 saturated carbocycles. The lowest BCUT2D eigenvalue weighted by atomic mass is 9.68. The highest BCUT2D eigenvalue weighted by Gasteiger charge is 2.66.